The largest absolute Gasteiger partial charge is 0.451 e. The van der Waals surface area contributed by atoms with E-state index in [1.807, 2.05) is 23.1 Å². The Labute approximate surface area is 189 Å². The first-order chi connectivity index (χ1) is 15.7. The van der Waals surface area contributed by atoms with E-state index < -0.39 is 0 Å². The molecule has 1 fully saturated rings. The van der Waals surface area contributed by atoms with Crippen molar-refractivity contribution in [1.29, 1.82) is 0 Å². The van der Waals surface area contributed by atoms with Crippen LogP contribution in [0.4, 0.5) is 4.39 Å². The van der Waals surface area contributed by atoms with Crippen molar-refractivity contribution < 1.29 is 13.6 Å². The second-order valence-corrected chi connectivity index (χ2v) is 8.61. The third kappa shape index (κ3) is 4.49. The minimum atomic E-state index is -0.302. The topological polar surface area (TPSA) is 49.6 Å². The molecule has 4 aromatic rings. The average Bonchev–Trinajstić information content (AvgIpc) is 3.51. The quantitative estimate of drug-likeness (QED) is 0.424. The number of carbonyl (C=O) groups is 1. The third-order valence-electron chi connectivity index (χ3n) is 5.56. The molecule has 5 rings (SSSR count). The van der Waals surface area contributed by atoms with Crippen molar-refractivity contribution in [2.45, 2.75) is 6.54 Å². The monoisotopic (exact) mass is 447 g/mol. The highest BCUT2D eigenvalue weighted by atomic mass is 32.1. The summed E-state index contributed by atoms with van der Waals surface area (Å²) >= 11 is 1.66. The molecule has 0 atom stereocenters. The highest BCUT2D eigenvalue weighted by Crippen LogP contribution is 2.25. The van der Waals surface area contributed by atoms with Crippen LogP contribution in [0.1, 0.15) is 16.2 Å². The molecule has 2 aromatic heterocycles. The molecule has 2 aromatic carbocycles. The Kier molecular flexibility index (Phi) is 5.83. The molecule has 5 nitrogen and oxygen atoms in total. The van der Waals surface area contributed by atoms with Crippen LogP contribution in [-0.2, 0) is 6.54 Å². The Morgan fingerprint density at radius 3 is 2.44 bits per heavy atom. The van der Waals surface area contributed by atoms with Crippen LogP contribution in [0, 0.1) is 5.82 Å². The molecule has 0 radical (unpaired) electrons. The zero-order valence-electron chi connectivity index (χ0n) is 17.4. The average molecular weight is 448 g/mol. The smallest absolute Gasteiger partial charge is 0.289 e. The number of carbonyl (C=O) groups excluding carboxylic acids is 1. The fourth-order valence-corrected chi connectivity index (χ4v) is 4.63. The third-order valence-corrected chi connectivity index (χ3v) is 6.50. The summed E-state index contributed by atoms with van der Waals surface area (Å²) in [4.78, 5) is 21.8. The minimum Gasteiger partial charge on any atom is -0.451 e. The van der Waals surface area contributed by atoms with Gasteiger partial charge in [0.25, 0.3) is 5.91 Å². The molecule has 162 valence electrons. The lowest BCUT2D eigenvalue weighted by atomic mass is 10.2. The number of furan rings is 1. The Morgan fingerprint density at radius 1 is 0.938 bits per heavy atom. The molecule has 0 unspecified atom stereocenters. The summed E-state index contributed by atoms with van der Waals surface area (Å²) in [7, 11) is 0. The number of piperazine rings is 1. The van der Waals surface area contributed by atoms with Crippen molar-refractivity contribution in [1.82, 2.24) is 14.8 Å². The summed E-state index contributed by atoms with van der Waals surface area (Å²) in [6, 6.07) is 19.7. The van der Waals surface area contributed by atoms with Crippen molar-refractivity contribution >= 4 is 17.2 Å². The van der Waals surface area contributed by atoms with Crippen molar-refractivity contribution in [2.24, 2.45) is 0 Å². The Balaban J connectivity index is 1.17. The van der Waals surface area contributed by atoms with E-state index in [-0.39, 0.29) is 11.7 Å². The number of halogens is 1. The molecule has 0 N–H and O–H groups in total. The normalized spacial score (nSPS) is 14.6. The van der Waals surface area contributed by atoms with Crippen LogP contribution < -0.4 is 0 Å². The predicted molar refractivity (Wildman–Crippen MR) is 123 cm³/mol. The van der Waals surface area contributed by atoms with Crippen LogP contribution in [0.5, 0.6) is 0 Å². The van der Waals surface area contributed by atoms with E-state index in [0.717, 1.165) is 41.5 Å². The number of benzene rings is 2. The van der Waals surface area contributed by atoms with Gasteiger partial charge in [-0.05, 0) is 36.4 Å². The van der Waals surface area contributed by atoms with Gasteiger partial charge in [0, 0.05) is 49.2 Å². The molecule has 0 saturated carbocycles. The first-order valence-electron chi connectivity index (χ1n) is 10.5. The summed E-state index contributed by atoms with van der Waals surface area (Å²) in [6.07, 6.45) is 0. The Morgan fingerprint density at radius 2 is 1.69 bits per heavy atom. The van der Waals surface area contributed by atoms with Crippen LogP contribution in [0.2, 0.25) is 0 Å². The molecule has 3 heterocycles. The van der Waals surface area contributed by atoms with Crippen molar-refractivity contribution in [2.75, 3.05) is 26.2 Å². The summed E-state index contributed by atoms with van der Waals surface area (Å²) in [5.41, 5.74) is 2.94. The molecule has 0 aliphatic carbocycles. The predicted octanol–water partition coefficient (Wildman–Crippen LogP) is 5.17. The SMILES string of the molecule is O=C(c1ccc(-c2ccc(F)cc2)o1)N1CCN(Cc2csc(-c3ccccc3)n2)CC1. The van der Waals surface area contributed by atoms with Gasteiger partial charge >= 0.3 is 0 Å². The maximum atomic E-state index is 13.1. The number of amides is 1. The van der Waals surface area contributed by atoms with Crippen molar-refractivity contribution in [3.05, 3.63) is 89.4 Å². The van der Waals surface area contributed by atoms with Gasteiger partial charge in [-0.1, -0.05) is 30.3 Å². The van der Waals surface area contributed by atoms with Gasteiger partial charge < -0.3 is 9.32 Å². The number of hydrogen-bond acceptors (Lipinski definition) is 5. The molecule has 1 saturated heterocycles. The van der Waals surface area contributed by atoms with E-state index in [2.05, 4.69) is 22.4 Å². The number of rotatable bonds is 5. The van der Waals surface area contributed by atoms with Crippen LogP contribution >= 0.6 is 11.3 Å². The zero-order chi connectivity index (χ0) is 21.9. The Bertz CT molecular complexity index is 1200. The maximum Gasteiger partial charge on any atom is 0.289 e. The van der Waals surface area contributed by atoms with Gasteiger partial charge in [0.15, 0.2) is 5.76 Å². The lowest BCUT2D eigenvalue weighted by Crippen LogP contribution is -2.48. The van der Waals surface area contributed by atoms with Gasteiger partial charge in [0.1, 0.15) is 16.6 Å². The molecule has 1 amide bonds. The number of hydrogen-bond donors (Lipinski definition) is 0. The lowest BCUT2D eigenvalue weighted by Gasteiger charge is -2.33. The van der Waals surface area contributed by atoms with E-state index >= 15 is 0 Å². The Hall–Kier alpha value is -3.29. The van der Waals surface area contributed by atoms with Gasteiger partial charge in [-0.25, -0.2) is 9.37 Å². The fraction of sp³-hybridized carbons (Fsp3) is 0.200. The standard InChI is InChI=1S/C25H22FN3O2S/c26-20-8-6-18(7-9-20)22-10-11-23(31-22)25(30)29-14-12-28(13-15-29)16-21-17-32-24(27-21)19-4-2-1-3-5-19/h1-11,17H,12-16H2. The molecule has 1 aliphatic rings. The van der Waals surface area contributed by atoms with Crippen molar-refractivity contribution in [3.63, 3.8) is 0 Å². The first kappa shape index (κ1) is 20.6. The van der Waals surface area contributed by atoms with Gasteiger partial charge in [-0.2, -0.15) is 0 Å². The van der Waals surface area contributed by atoms with E-state index in [1.165, 1.54) is 12.1 Å². The summed E-state index contributed by atoms with van der Waals surface area (Å²) in [5, 5.41) is 3.14. The summed E-state index contributed by atoms with van der Waals surface area (Å²) in [5.74, 6) is 0.455. The van der Waals surface area contributed by atoms with Gasteiger partial charge in [-0.3, -0.25) is 9.69 Å². The van der Waals surface area contributed by atoms with Crippen LogP contribution in [0.15, 0.2) is 76.5 Å². The highest BCUT2D eigenvalue weighted by molar-refractivity contribution is 7.13. The van der Waals surface area contributed by atoms with Crippen LogP contribution in [-0.4, -0.2) is 46.9 Å². The number of aromatic nitrogens is 1. The van der Waals surface area contributed by atoms with Gasteiger partial charge in [0.05, 0.1) is 5.69 Å². The van der Waals surface area contributed by atoms with Crippen LogP contribution in [0.25, 0.3) is 21.9 Å². The zero-order valence-corrected chi connectivity index (χ0v) is 18.2. The fourth-order valence-electron chi connectivity index (χ4n) is 3.81. The molecule has 1 aliphatic heterocycles. The second kappa shape index (κ2) is 9.06. The van der Waals surface area contributed by atoms with Gasteiger partial charge in [-0.15, -0.1) is 11.3 Å². The number of nitrogens with zero attached hydrogens (tertiary/aromatic N) is 3. The van der Waals surface area contributed by atoms with E-state index in [4.69, 9.17) is 9.40 Å². The lowest BCUT2D eigenvalue weighted by molar-refractivity contribution is 0.0597. The second-order valence-electron chi connectivity index (χ2n) is 7.75. The minimum absolute atomic E-state index is 0.113. The molecular formula is C25H22FN3O2S. The molecular weight excluding hydrogens is 425 g/mol. The van der Waals surface area contributed by atoms with E-state index in [1.54, 1.807) is 35.6 Å². The highest BCUT2D eigenvalue weighted by Gasteiger charge is 2.25. The van der Waals surface area contributed by atoms with Crippen LogP contribution in [0.3, 0.4) is 0 Å². The number of thiazole rings is 1. The summed E-state index contributed by atoms with van der Waals surface area (Å²) < 4.78 is 18.9. The van der Waals surface area contributed by atoms with E-state index in [0.29, 0.717) is 24.6 Å². The first-order valence-corrected chi connectivity index (χ1v) is 11.4. The molecule has 7 heteroatoms. The van der Waals surface area contributed by atoms with E-state index in [9.17, 15) is 9.18 Å². The summed E-state index contributed by atoms with van der Waals surface area (Å²) in [6.45, 7) is 3.63. The molecule has 0 spiro atoms. The van der Waals surface area contributed by atoms with Crippen molar-refractivity contribution in [3.8, 4) is 21.9 Å². The molecule has 32 heavy (non-hydrogen) atoms. The van der Waals surface area contributed by atoms with Gasteiger partial charge in [0.2, 0.25) is 0 Å². The molecule has 0 bridgehead atoms. The maximum absolute atomic E-state index is 13.1.